The number of benzene rings is 4. The Morgan fingerprint density at radius 2 is 1.03 bits per heavy atom. The van der Waals surface area contributed by atoms with Crippen LogP contribution in [-0.4, -0.2) is 15.3 Å². The highest BCUT2D eigenvalue weighted by atomic mass is 16.5. The topological polar surface area (TPSA) is 73.2 Å². The Hall–Kier alpha value is -4.12. The molecule has 180 valence electrons. The van der Waals surface area contributed by atoms with Gasteiger partial charge in [0.2, 0.25) is 0 Å². The summed E-state index contributed by atoms with van der Waals surface area (Å²) in [5.74, 6) is 1.75. The zero-order chi connectivity index (χ0) is 25.4. The third-order valence-corrected chi connectivity index (χ3v) is 6.31. The van der Waals surface area contributed by atoms with E-state index in [0.717, 1.165) is 50.4 Å². The summed E-state index contributed by atoms with van der Waals surface area (Å²) < 4.78 is 6.17. The normalized spacial score (nSPS) is 10.9. The van der Waals surface area contributed by atoms with Gasteiger partial charge in [0.05, 0.1) is 11.4 Å². The van der Waals surface area contributed by atoms with Crippen LogP contribution in [0, 0.1) is 41.5 Å². The monoisotopic (exact) mass is 469 g/mol. The van der Waals surface area contributed by atoms with Gasteiger partial charge in [-0.15, -0.1) is 0 Å². The van der Waals surface area contributed by atoms with Crippen LogP contribution in [0.1, 0.15) is 33.4 Å². The zero-order valence-electron chi connectivity index (χ0n) is 21.0. The fraction of sp³-hybridized carbons (Fsp3) is 0.200. The van der Waals surface area contributed by atoms with Crippen LogP contribution in [0.3, 0.4) is 0 Å². The molecule has 35 heavy (non-hydrogen) atoms. The van der Waals surface area contributed by atoms with Gasteiger partial charge >= 0.3 is 0 Å². The Morgan fingerprint density at radius 3 is 1.57 bits per heavy atom. The minimum atomic E-state index is 0.180. The molecule has 5 nitrogen and oxygen atoms in total. The molecule has 0 aliphatic carbocycles. The summed E-state index contributed by atoms with van der Waals surface area (Å²) in [6.45, 7) is 11.5. The van der Waals surface area contributed by atoms with E-state index in [9.17, 15) is 15.3 Å². The lowest BCUT2D eigenvalue weighted by atomic mass is 10.0. The molecular formula is C30H31NO4. The lowest BCUT2D eigenvalue weighted by Crippen LogP contribution is -2.13. The quantitative estimate of drug-likeness (QED) is 0.277. The number of phenols is 3. The number of ether oxygens (including phenoxy) is 1. The predicted molar refractivity (Wildman–Crippen MR) is 141 cm³/mol. The zero-order valence-corrected chi connectivity index (χ0v) is 21.0. The maximum atomic E-state index is 10.5. The molecule has 4 aromatic carbocycles. The summed E-state index contributed by atoms with van der Waals surface area (Å²) in [7, 11) is 0. The molecular weight excluding hydrogens is 438 g/mol. The van der Waals surface area contributed by atoms with E-state index in [4.69, 9.17) is 4.74 Å². The molecule has 0 heterocycles. The van der Waals surface area contributed by atoms with Crippen molar-refractivity contribution in [2.75, 3.05) is 4.90 Å². The summed E-state index contributed by atoms with van der Waals surface area (Å²) in [6, 6.07) is 18.5. The van der Waals surface area contributed by atoms with Crippen molar-refractivity contribution < 1.29 is 20.1 Å². The first-order chi connectivity index (χ1) is 16.5. The average Bonchev–Trinajstić information content (AvgIpc) is 2.79. The van der Waals surface area contributed by atoms with E-state index in [1.165, 1.54) is 0 Å². The van der Waals surface area contributed by atoms with Gasteiger partial charge < -0.3 is 25.0 Å². The predicted octanol–water partition coefficient (Wildman–Crippen LogP) is 7.92. The van der Waals surface area contributed by atoms with Crippen molar-refractivity contribution in [1.82, 2.24) is 0 Å². The Bertz CT molecular complexity index is 1370. The number of phenolic OH excluding ortho intramolecular Hbond substituents is 3. The van der Waals surface area contributed by atoms with Crippen LogP contribution in [0.4, 0.5) is 17.1 Å². The Kier molecular flexibility index (Phi) is 6.35. The Balaban J connectivity index is 1.87. The van der Waals surface area contributed by atoms with Gasteiger partial charge in [-0.25, -0.2) is 0 Å². The maximum Gasteiger partial charge on any atom is 0.134 e. The summed E-state index contributed by atoms with van der Waals surface area (Å²) in [5.41, 5.74) is 7.63. The number of aryl methyl sites for hydroxylation is 6. The van der Waals surface area contributed by atoms with E-state index in [1.807, 2.05) is 88.9 Å². The van der Waals surface area contributed by atoms with Crippen LogP contribution in [0.25, 0.3) is 0 Å². The molecule has 0 radical (unpaired) electrons. The van der Waals surface area contributed by atoms with Crippen LogP contribution in [0.5, 0.6) is 28.7 Å². The third-order valence-electron chi connectivity index (χ3n) is 6.31. The van der Waals surface area contributed by atoms with Crippen molar-refractivity contribution in [1.29, 1.82) is 0 Å². The first-order valence-electron chi connectivity index (χ1n) is 11.5. The maximum absolute atomic E-state index is 10.5. The molecule has 0 aliphatic heterocycles. The van der Waals surface area contributed by atoms with E-state index in [2.05, 4.69) is 0 Å². The third kappa shape index (κ3) is 4.76. The Morgan fingerprint density at radius 1 is 0.543 bits per heavy atom. The van der Waals surface area contributed by atoms with E-state index in [1.54, 1.807) is 18.2 Å². The molecule has 4 rings (SSSR count). The SMILES string of the molecule is Cc1cc(C)c(Oc2cccc(N(c3cc(O)c(C)cc3C)c3cc(O)c(C)cc3C)c2)cc1O. The van der Waals surface area contributed by atoms with Crippen molar-refractivity contribution in [3.63, 3.8) is 0 Å². The van der Waals surface area contributed by atoms with E-state index >= 15 is 0 Å². The Labute approximate surface area is 206 Å². The van der Waals surface area contributed by atoms with Crippen molar-refractivity contribution >= 4 is 17.1 Å². The summed E-state index contributed by atoms with van der Waals surface area (Å²) in [6.07, 6.45) is 0. The number of anilines is 3. The largest absolute Gasteiger partial charge is 0.508 e. The number of aromatic hydroxyl groups is 3. The summed E-state index contributed by atoms with van der Waals surface area (Å²) in [5, 5.41) is 31.2. The van der Waals surface area contributed by atoms with Crippen LogP contribution in [-0.2, 0) is 0 Å². The lowest BCUT2D eigenvalue weighted by Gasteiger charge is -2.29. The molecule has 0 saturated carbocycles. The second kappa shape index (κ2) is 9.26. The highest BCUT2D eigenvalue weighted by molar-refractivity contribution is 5.82. The van der Waals surface area contributed by atoms with Gasteiger partial charge in [0.25, 0.3) is 0 Å². The van der Waals surface area contributed by atoms with Crippen molar-refractivity contribution in [2.45, 2.75) is 41.5 Å². The first kappa shape index (κ1) is 24.0. The van der Waals surface area contributed by atoms with Gasteiger partial charge in [-0.1, -0.05) is 18.2 Å². The molecule has 4 aromatic rings. The first-order valence-corrected chi connectivity index (χ1v) is 11.5. The molecule has 0 unspecified atom stereocenters. The van der Waals surface area contributed by atoms with Gasteiger partial charge in [-0.05, 0) is 93.1 Å². The van der Waals surface area contributed by atoms with Gasteiger partial charge in [0.1, 0.15) is 28.7 Å². The minimum absolute atomic E-state index is 0.180. The standard InChI is InChI=1S/C30H31NO4/c1-17-10-19(3)27(32)14-25(17)31(26-15-28(33)20(4)11-18(26)2)23-8-7-9-24(13-23)35-30-16-29(34)21(5)12-22(30)6/h7-16,32-34H,1-6H3. The van der Waals surface area contributed by atoms with Gasteiger partial charge in [-0.2, -0.15) is 0 Å². The molecule has 0 aliphatic rings. The van der Waals surface area contributed by atoms with Gasteiger partial charge in [-0.3, -0.25) is 0 Å². The van der Waals surface area contributed by atoms with Crippen LogP contribution >= 0.6 is 0 Å². The van der Waals surface area contributed by atoms with Crippen molar-refractivity contribution in [3.05, 3.63) is 94.0 Å². The van der Waals surface area contributed by atoms with Gasteiger partial charge in [0.15, 0.2) is 0 Å². The van der Waals surface area contributed by atoms with Crippen LogP contribution < -0.4 is 9.64 Å². The molecule has 0 fully saturated rings. The molecule has 5 heteroatoms. The summed E-state index contributed by atoms with van der Waals surface area (Å²) >= 11 is 0. The van der Waals surface area contributed by atoms with Crippen LogP contribution in [0.2, 0.25) is 0 Å². The molecule has 0 saturated heterocycles. The minimum Gasteiger partial charge on any atom is -0.508 e. The molecule has 0 amide bonds. The fourth-order valence-electron chi connectivity index (χ4n) is 4.29. The fourth-order valence-corrected chi connectivity index (χ4v) is 4.29. The average molecular weight is 470 g/mol. The molecule has 0 atom stereocenters. The molecule has 0 spiro atoms. The van der Waals surface area contributed by atoms with Crippen molar-refractivity contribution in [2.24, 2.45) is 0 Å². The number of nitrogens with zero attached hydrogens (tertiary/aromatic N) is 1. The molecule has 0 aromatic heterocycles. The number of rotatable bonds is 5. The highest BCUT2D eigenvalue weighted by Crippen LogP contribution is 2.43. The summed E-state index contributed by atoms with van der Waals surface area (Å²) in [4.78, 5) is 2.01. The van der Waals surface area contributed by atoms with E-state index < -0.39 is 0 Å². The number of hydrogen-bond donors (Lipinski definition) is 3. The highest BCUT2D eigenvalue weighted by Gasteiger charge is 2.20. The van der Waals surface area contributed by atoms with Crippen molar-refractivity contribution in [3.8, 4) is 28.7 Å². The van der Waals surface area contributed by atoms with Gasteiger partial charge in [0, 0.05) is 30.0 Å². The smallest absolute Gasteiger partial charge is 0.134 e. The van der Waals surface area contributed by atoms with E-state index in [-0.39, 0.29) is 17.2 Å². The molecule has 0 bridgehead atoms. The van der Waals surface area contributed by atoms with Crippen LogP contribution in [0.15, 0.2) is 60.7 Å². The van der Waals surface area contributed by atoms with E-state index in [0.29, 0.717) is 11.5 Å². The second-order valence-electron chi connectivity index (χ2n) is 9.19. The molecule has 3 N–H and O–H groups in total. The lowest BCUT2D eigenvalue weighted by molar-refractivity contribution is 0.450. The second-order valence-corrected chi connectivity index (χ2v) is 9.19. The number of hydrogen-bond acceptors (Lipinski definition) is 5.